The van der Waals surface area contributed by atoms with Gasteiger partial charge in [-0.25, -0.2) is 4.39 Å². The van der Waals surface area contributed by atoms with Gasteiger partial charge in [-0.05, 0) is 43.9 Å². The Kier molecular flexibility index (Phi) is 3.81. The number of rotatable bonds is 2. The maximum atomic E-state index is 13.1. The molecular formula is C13H17FN2O2. The molecule has 2 atom stereocenters. The first-order chi connectivity index (χ1) is 8.56. The minimum Gasteiger partial charge on any atom is -0.398 e. The Morgan fingerprint density at radius 1 is 1.44 bits per heavy atom. The molecule has 0 aliphatic heterocycles. The van der Waals surface area contributed by atoms with Gasteiger partial charge in [0.15, 0.2) is 0 Å². The number of nitrogens with two attached hydrogens (primary N) is 1. The fourth-order valence-electron chi connectivity index (χ4n) is 2.28. The van der Waals surface area contributed by atoms with Crippen molar-refractivity contribution >= 4 is 11.6 Å². The molecule has 18 heavy (non-hydrogen) atoms. The molecule has 0 saturated heterocycles. The number of hydrogen-bond acceptors (Lipinski definition) is 3. The second-order valence-corrected chi connectivity index (χ2v) is 4.72. The van der Waals surface area contributed by atoms with E-state index in [4.69, 9.17) is 5.73 Å². The van der Waals surface area contributed by atoms with Crippen LogP contribution in [0.1, 0.15) is 36.0 Å². The molecule has 0 heterocycles. The minimum atomic E-state index is -0.488. The van der Waals surface area contributed by atoms with Gasteiger partial charge < -0.3 is 16.2 Å². The average molecular weight is 252 g/mol. The van der Waals surface area contributed by atoms with Crippen LogP contribution in [0, 0.1) is 5.82 Å². The first-order valence-electron chi connectivity index (χ1n) is 6.10. The van der Waals surface area contributed by atoms with Crippen LogP contribution in [-0.4, -0.2) is 23.2 Å². The third-order valence-electron chi connectivity index (χ3n) is 3.24. The molecule has 98 valence electrons. The fraction of sp³-hybridized carbons (Fsp3) is 0.462. The van der Waals surface area contributed by atoms with E-state index >= 15 is 0 Å². The van der Waals surface area contributed by atoms with E-state index in [0.717, 1.165) is 25.3 Å². The number of halogens is 1. The molecule has 1 aromatic rings. The Labute approximate surface area is 105 Å². The lowest BCUT2D eigenvalue weighted by Gasteiger charge is -2.26. The van der Waals surface area contributed by atoms with E-state index in [1.807, 2.05) is 0 Å². The number of nitrogen functional groups attached to an aromatic ring is 1. The van der Waals surface area contributed by atoms with Crippen LogP contribution in [0.3, 0.4) is 0 Å². The Hall–Kier alpha value is -1.62. The van der Waals surface area contributed by atoms with Gasteiger partial charge in [0.25, 0.3) is 5.91 Å². The highest BCUT2D eigenvalue weighted by atomic mass is 19.1. The molecule has 2 rings (SSSR count). The summed E-state index contributed by atoms with van der Waals surface area (Å²) in [7, 11) is 0. The molecule has 0 spiro atoms. The van der Waals surface area contributed by atoms with Gasteiger partial charge in [0.05, 0.1) is 11.7 Å². The number of nitrogens with one attached hydrogen (secondary N) is 1. The maximum Gasteiger partial charge on any atom is 0.253 e. The van der Waals surface area contributed by atoms with E-state index in [2.05, 4.69) is 5.32 Å². The standard InChI is InChI=1S/C13H17FN2O2/c14-8-4-5-12(15)11(6-8)13(18)16-9-2-1-3-10(17)7-9/h4-6,9-10,17H,1-3,7,15H2,(H,16,18). The molecule has 2 unspecified atom stereocenters. The van der Waals surface area contributed by atoms with Crippen LogP contribution < -0.4 is 11.1 Å². The van der Waals surface area contributed by atoms with Gasteiger partial charge in [0.1, 0.15) is 5.82 Å². The predicted octanol–water partition coefficient (Wildman–Crippen LogP) is 1.44. The van der Waals surface area contributed by atoms with Gasteiger partial charge in [-0.1, -0.05) is 0 Å². The number of hydrogen-bond donors (Lipinski definition) is 3. The Morgan fingerprint density at radius 3 is 2.94 bits per heavy atom. The van der Waals surface area contributed by atoms with Crippen LogP contribution in [0.25, 0.3) is 0 Å². The van der Waals surface area contributed by atoms with Crippen molar-refractivity contribution < 1.29 is 14.3 Å². The van der Waals surface area contributed by atoms with Crippen molar-refractivity contribution in [3.05, 3.63) is 29.6 Å². The number of amides is 1. The smallest absolute Gasteiger partial charge is 0.253 e. The number of carbonyl (C=O) groups excluding carboxylic acids is 1. The number of carbonyl (C=O) groups is 1. The van der Waals surface area contributed by atoms with Gasteiger partial charge in [-0.15, -0.1) is 0 Å². The molecule has 1 aliphatic carbocycles. The zero-order chi connectivity index (χ0) is 13.1. The van der Waals surface area contributed by atoms with Crippen molar-refractivity contribution in [1.29, 1.82) is 0 Å². The van der Waals surface area contributed by atoms with Crippen molar-refractivity contribution in [2.24, 2.45) is 0 Å². The van der Waals surface area contributed by atoms with Crippen LogP contribution in [0.5, 0.6) is 0 Å². The van der Waals surface area contributed by atoms with Crippen LogP contribution in [-0.2, 0) is 0 Å². The van der Waals surface area contributed by atoms with Crippen LogP contribution >= 0.6 is 0 Å². The highest BCUT2D eigenvalue weighted by Crippen LogP contribution is 2.20. The zero-order valence-corrected chi connectivity index (χ0v) is 10.0. The van der Waals surface area contributed by atoms with Gasteiger partial charge in [0, 0.05) is 11.7 Å². The highest BCUT2D eigenvalue weighted by molar-refractivity contribution is 5.99. The Morgan fingerprint density at radius 2 is 2.22 bits per heavy atom. The molecule has 0 bridgehead atoms. The third kappa shape index (κ3) is 2.98. The largest absolute Gasteiger partial charge is 0.398 e. The third-order valence-corrected chi connectivity index (χ3v) is 3.24. The normalized spacial score (nSPS) is 23.7. The molecule has 0 radical (unpaired) electrons. The van der Waals surface area contributed by atoms with Crippen molar-refractivity contribution in [2.45, 2.75) is 37.8 Å². The van der Waals surface area contributed by atoms with Crippen molar-refractivity contribution in [1.82, 2.24) is 5.32 Å². The van der Waals surface area contributed by atoms with Crippen LogP contribution in [0.15, 0.2) is 18.2 Å². The summed E-state index contributed by atoms with van der Waals surface area (Å²) in [6, 6.07) is 3.66. The molecule has 1 fully saturated rings. The average Bonchev–Trinajstić information content (AvgIpc) is 2.32. The summed E-state index contributed by atoms with van der Waals surface area (Å²) in [6.07, 6.45) is 2.66. The lowest BCUT2D eigenvalue weighted by Crippen LogP contribution is -2.40. The minimum absolute atomic E-state index is 0.0658. The molecule has 1 aliphatic rings. The van der Waals surface area contributed by atoms with Crippen LogP contribution in [0.4, 0.5) is 10.1 Å². The molecule has 4 N–H and O–H groups in total. The van der Waals surface area contributed by atoms with E-state index in [1.54, 1.807) is 0 Å². The predicted molar refractivity (Wildman–Crippen MR) is 66.5 cm³/mol. The Bertz CT molecular complexity index is 451. The summed E-state index contributed by atoms with van der Waals surface area (Å²) >= 11 is 0. The van der Waals surface area contributed by atoms with Gasteiger partial charge in [0.2, 0.25) is 0 Å². The second-order valence-electron chi connectivity index (χ2n) is 4.72. The summed E-state index contributed by atoms with van der Waals surface area (Å²) < 4.78 is 13.1. The van der Waals surface area contributed by atoms with E-state index < -0.39 is 5.82 Å². The first kappa shape index (κ1) is 12.8. The molecule has 5 heteroatoms. The highest BCUT2D eigenvalue weighted by Gasteiger charge is 2.22. The van der Waals surface area contributed by atoms with Crippen LogP contribution in [0.2, 0.25) is 0 Å². The van der Waals surface area contributed by atoms with E-state index in [0.29, 0.717) is 6.42 Å². The lowest BCUT2D eigenvalue weighted by molar-refractivity contribution is 0.0850. The number of benzene rings is 1. The Balaban J connectivity index is 2.05. The number of aliphatic hydroxyl groups is 1. The van der Waals surface area contributed by atoms with Crippen molar-refractivity contribution in [2.75, 3.05) is 5.73 Å². The van der Waals surface area contributed by atoms with Crippen molar-refractivity contribution in [3.8, 4) is 0 Å². The summed E-state index contributed by atoms with van der Waals surface area (Å²) in [5, 5.41) is 12.3. The maximum absolute atomic E-state index is 13.1. The first-order valence-corrected chi connectivity index (χ1v) is 6.10. The van der Waals surface area contributed by atoms with Gasteiger partial charge in [-0.2, -0.15) is 0 Å². The zero-order valence-electron chi connectivity index (χ0n) is 10.0. The number of anilines is 1. The SMILES string of the molecule is Nc1ccc(F)cc1C(=O)NC1CCCC(O)C1. The lowest BCUT2D eigenvalue weighted by atomic mass is 9.93. The molecule has 0 aromatic heterocycles. The summed E-state index contributed by atoms with van der Waals surface area (Å²) in [6.45, 7) is 0. The molecular weight excluding hydrogens is 235 g/mol. The van der Waals surface area contributed by atoms with Gasteiger partial charge in [-0.3, -0.25) is 4.79 Å². The summed E-state index contributed by atoms with van der Waals surface area (Å²) in [5.41, 5.74) is 6.05. The molecule has 1 amide bonds. The molecule has 1 aromatic carbocycles. The quantitative estimate of drug-likeness (QED) is 0.697. The summed E-state index contributed by atoms with van der Waals surface area (Å²) in [5.74, 6) is -0.871. The molecule has 4 nitrogen and oxygen atoms in total. The molecule has 1 saturated carbocycles. The van der Waals surface area contributed by atoms with E-state index in [9.17, 15) is 14.3 Å². The van der Waals surface area contributed by atoms with E-state index in [1.165, 1.54) is 12.1 Å². The fourth-order valence-corrected chi connectivity index (χ4v) is 2.28. The second kappa shape index (κ2) is 5.35. The summed E-state index contributed by atoms with van der Waals surface area (Å²) in [4.78, 5) is 12.0. The monoisotopic (exact) mass is 252 g/mol. The number of aliphatic hydroxyl groups excluding tert-OH is 1. The van der Waals surface area contributed by atoms with Gasteiger partial charge >= 0.3 is 0 Å². The van der Waals surface area contributed by atoms with E-state index in [-0.39, 0.29) is 29.3 Å². The topological polar surface area (TPSA) is 75.4 Å². The van der Waals surface area contributed by atoms with Crippen molar-refractivity contribution in [3.63, 3.8) is 0 Å².